The highest BCUT2D eigenvalue weighted by Crippen LogP contribution is 2.35. The van der Waals surface area contributed by atoms with Crippen LogP contribution < -0.4 is 5.32 Å². The molecule has 1 saturated carbocycles. The second-order valence-electron chi connectivity index (χ2n) is 4.80. The van der Waals surface area contributed by atoms with Gasteiger partial charge in [-0.2, -0.15) is 0 Å². The highest BCUT2D eigenvalue weighted by atomic mass is 19.1. The van der Waals surface area contributed by atoms with E-state index in [0.29, 0.717) is 24.8 Å². The Morgan fingerprint density at radius 1 is 1.52 bits per heavy atom. The van der Waals surface area contributed by atoms with Crippen LogP contribution in [0.3, 0.4) is 0 Å². The molecule has 5 nitrogen and oxygen atoms in total. The Labute approximate surface area is 123 Å². The van der Waals surface area contributed by atoms with Crippen LogP contribution in [0, 0.1) is 5.82 Å². The van der Waals surface area contributed by atoms with Gasteiger partial charge in [0.25, 0.3) is 0 Å². The summed E-state index contributed by atoms with van der Waals surface area (Å²) in [4.78, 5) is 21.5. The number of carboxylic acid groups (broad SMARTS) is 1. The van der Waals surface area contributed by atoms with E-state index in [1.165, 1.54) is 12.1 Å². The minimum atomic E-state index is -0.977. The van der Waals surface area contributed by atoms with Gasteiger partial charge < -0.3 is 15.2 Å². The van der Waals surface area contributed by atoms with E-state index in [0.717, 1.165) is 19.1 Å². The van der Waals surface area contributed by atoms with Crippen LogP contribution in [-0.4, -0.2) is 36.6 Å². The molecule has 1 fully saturated rings. The molecule has 1 aromatic carbocycles. The van der Waals surface area contributed by atoms with Crippen molar-refractivity contribution >= 4 is 17.9 Å². The number of ether oxygens (including phenoxy) is 1. The van der Waals surface area contributed by atoms with E-state index in [4.69, 9.17) is 5.11 Å². The molecule has 0 aliphatic heterocycles. The summed E-state index contributed by atoms with van der Waals surface area (Å²) in [5.74, 6) is -1.58. The molecular weight excluding hydrogens is 277 g/mol. The lowest BCUT2D eigenvalue weighted by molar-refractivity contribution is -0.145. The number of halogens is 1. The molecule has 0 radical (unpaired) electrons. The monoisotopic (exact) mass is 297 g/mol. The molecule has 1 aliphatic rings. The molecule has 0 amide bonds. The Hall–Kier alpha value is -1.95. The van der Waals surface area contributed by atoms with Crippen molar-refractivity contribution in [3.8, 4) is 0 Å². The van der Waals surface area contributed by atoms with Crippen LogP contribution in [0.2, 0.25) is 0 Å². The fraction of sp³-hybridized carbons (Fsp3) is 0.467. The van der Waals surface area contributed by atoms with Crippen molar-refractivity contribution in [3.63, 3.8) is 0 Å². The molecule has 6 heteroatoms. The normalized spacial score (nSPS) is 15.2. The Balaban J connectivity index is 0.000000491. The molecule has 0 unspecified atom stereocenters. The number of nitrogens with one attached hydrogen (secondary N) is 1. The smallest absolute Gasteiger partial charge is 0.329 e. The maximum Gasteiger partial charge on any atom is 0.329 e. The van der Waals surface area contributed by atoms with E-state index in [1.807, 2.05) is 6.92 Å². The number of aldehydes is 1. The molecule has 0 aromatic heterocycles. The second-order valence-corrected chi connectivity index (χ2v) is 4.80. The summed E-state index contributed by atoms with van der Waals surface area (Å²) in [6.45, 7) is 2.78. The van der Waals surface area contributed by atoms with Crippen LogP contribution in [-0.2, 0) is 9.53 Å². The van der Waals surface area contributed by atoms with Gasteiger partial charge in [0, 0.05) is 19.4 Å². The molecule has 21 heavy (non-hydrogen) atoms. The van der Waals surface area contributed by atoms with Gasteiger partial charge in [0.05, 0.1) is 5.56 Å². The number of anilines is 1. The number of methoxy groups -OCH3 is 1. The highest BCUT2D eigenvalue weighted by Gasteiger charge is 2.44. The summed E-state index contributed by atoms with van der Waals surface area (Å²) in [5.41, 5.74) is -0.626. The number of aliphatic carboxylic acids is 1. The fourth-order valence-electron chi connectivity index (χ4n) is 1.90. The molecule has 2 N–H and O–H groups in total. The maximum atomic E-state index is 13.3. The van der Waals surface area contributed by atoms with Gasteiger partial charge >= 0.3 is 5.97 Å². The Kier molecular flexibility index (Phi) is 6.30. The van der Waals surface area contributed by atoms with Gasteiger partial charge in [-0.05, 0) is 44.4 Å². The fourth-order valence-corrected chi connectivity index (χ4v) is 1.90. The Morgan fingerprint density at radius 2 is 2.14 bits per heavy atom. The van der Waals surface area contributed by atoms with Crippen LogP contribution in [0.25, 0.3) is 0 Å². The van der Waals surface area contributed by atoms with Crippen molar-refractivity contribution < 1.29 is 23.8 Å². The maximum absolute atomic E-state index is 13.3. The molecule has 1 aliphatic carbocycles. The summed E-state index contributed by atoms with van der Waals surface area (Å²) in [7, 11) is 1.68. The molecular formula is C15H20FNO4. The second kappa shape index (κ2) is 7.73. The van der Waals surface area contributed by atoms with Crippen LogP contribution in [0.1, 0.15) is 36.5 Å². The third kappa shape index (κ3) is 4.26. The molecule has 0 bridgehead atoms. The van der Waals surface area contributed by atoms with E-state index in [2.05, 4.69) is 10.1 Å². The quantitative estimate of drug-likeness (QED) is 0.817. The zero-order chi connectivity index (χ0) is 15.9. The molecule has 1 aromatic rings. The summed E-state index contributed by atoms with van der Waals surface area (Å²) >= 11 is 0. The molecule has 2 rings (SSSR count). The number of benzene rings is 1. The van der Waals surface area contributed by atoms with Gasteiger partial charge in [-0.15, -0.1) is 0 Å². The van der Waals surface area contributed by atoms with E-state index < -0.39 is 17.3 Å². The lowest BCUT2D eigenvalue weighted by Crippen LogP contribution is -2.52. The first kappa shape index (κ1) is 17.1. The summed E-state index contributed by atoms with van der Waals surface area (Å²) in [6.07, 6.45) is 2.32. The average Bonchev–Trinajstić information content (AvgIpc) is 2.43. The topological polar surface area (TPSA) is 75.6 Å². The minimum absolute atomic E-state index is 0.0338. The third-order valence-corrected chi connectivity index (χ3v) is 3.42. The Morgan fingerprint density at radius 3 is 2.48 bits per heavy atom. The number of hydrogen-bond donors (Lipinski definition) is 2. The number of carbonyl (C=O) groups is 2. The predicted octanol–water partition coefficient (Wildman–Crippen LogP) is 2.71. The summed E-state index contributed by atoms with van der Waals surface area (Å²) in [6, 6.07) is 3.99. The molecule has 0 saturated heterocycles. The SMILES string of the molecule is CCOC.O=Cc1ccc(NC2(C(=O)O)CCC2)cc1F. The van der Waals surface area contributed by atoms with Gasteiger partial charge in [-0.25, -0.2) is 9.18 Å². The lowest BCUT2D eigenvalue weighted by atomic mass is 9.76. The van der Waals surface area contributed by atoms with E-state index >= 15 is 0 Å². The van der Waals surface area contributed by atoms with Crippen LogP contribution in [0.4, 0.5) is 10.1 Å². The van der Waals surface area contributed by atoms with Gasteiger partial charge in [-0.3, -0.25) is 4.79 Å². The van der Waals surface area contributed by atoms with Gasteiger partial charge in [-0.1, -0.05) is 0 Å². The van der Waals surface area contributed by atoms with Crippen molar-refractivity contribution in [3.05, 3.63) is 29.6 Å². The first-order valence-corrected chi connectivity index (χ1v) is 6.74. The highest BCUT2D eigenvalue weighted by molar-refractivity contribution is 5.84. The van der Waals surface area contributed by atoms with Gasteiger partial charge in [0.1, 0.15) is 11.4 Å². The van der Waals surface area contributed by atoms with Crippen molar-refractivity contribution in [2.24, 2.45) is 0 Å². The van der Waals surface area contributed by atoms with Gasteiger partial charge in [0.2, 0.25) is 0 Å². The van der Waals surface area contributed by atoms with E-state index in [9.17, 15) is 14.0 Å². The molecule has 0 spiro atoms. The summed E-state index contributed by atoms with van der Waals surface area (Å²) < 4.78 is 17.9. The van der Waals surface area contributed by atoms with Crippen molar-refractivity contribution in [1.29, 1.82) is 0 Å². The van der Waals surface area contributed by atoms with E-state index in [-0.39, 0.29) is 5.56 Å². The zero-order valence-electron chi connectivity index (χ0n) is 12.2. The average molecular weight is 297 g/mol. The Bertz CT molecular complexity index is 498. The first-order chi connectivity index (χ1) is 9.99. The minimum Gasteiger partial charge on any atom is -0.480 e. The number of carbonyl (C=O) groups excluding carboxylic acids is 1. The molecule has 116 valence electrons. The van der Waals surface area contributed by atoms with Crippen molar-refractivity contribution in [2.75, 3.05) is 19.0 Å². The number of carboxylic acids is 1. The number of hydrogen-bond acceptors (Lipinski definition) is 4. The van der Waals surface area contributed by atoms with E-state index in [1.54, 1.807) is 7.11 Å². The van der Waals surface area contributed by atoms with Crippen LogP contribution in [0.5, 0.6) is 0 Å². The largest absolute Gasteiger partial charge is 0.480 e. The summed E-state index contributed by atoms with van der Waals surface area (Å²) in [5, 5.41) is 11.9. The van der Waals surface area contributed by atoms with Crippen LogP contribution >= 0.6 is 0 Å². The number of rotatable bonds is 5. The predicted molar refractivity (Wildman–Crippen MR) is 77.2 cm³/mol. The zero-order valence-corrected chi connectivity index (χ0v) is 12.2. The van der Waals surface area contributed by atoms with Crippen LogP contribution in [0.15, 0.2) is 18.2 Å². The lowest BCUT2D eigenvalue weighted by Gasteiger charge is -2.39. The first-order valence-electron chi connectivity index (χ1n) is 6.74. The van der Waals surface area contributed by atoms with Gasteiger partial charge in [0.15, 0.2) is 6.29 Å². The standard InChI is InChI=1S/C12H12FNO3.C3H8O/c13-10-6-9(3-2-8(10)7-15)14-12(11(16)17)4-1-5-12;1-3-4-2/h2-3,6-7,14H,1,4-5H2,(H,16,17);3H2,1-2H3. The third-order valence-electron chi connectivity index (χ3n) is 3.42. The molecule has 0 atom stereocenters. The molecule has 0 heterocycles. The van der Waals surface area contributed by atoms with Crippen molar-refractivity contribution in [2.45, 2.75) is 31.7 Å². The van der Waals surface area contributed by atoms with Crippen molar-refractivity contribution in [1.82, 2.24) is 0 Å².